The Kier molecular flexibility index (Phi) is 4.89. The quantitative estimate of drug-likeness (QED) is 0.887. The van der Waals surface area contributed by atoms with E-state index in [-0.39, 0.29) is 12.0 Å². The summed E-state index contributed by atoms with van der Waals surface area (Å²) >= 11 is 0. The fraction of sp³-hybridized carbons (Fsp3) is 0.471. The third kappa shape index (κ3) is 4.00. The molecule has 2 aromatic rings. The standard InChI is InChI=1S/C17H24N2O2/c1-12(2)10-18-17(20)11-19-9-8-14-15(19)6-5-7-16(14)21-13(3)4/h5-9,12-13H,10-11H2,1-4H3,(H,18,20). The number of aromatic nitrogens is 1. The summed E-state index contributed by atoms with van der Waals surface area (Å²) in [6.07, 6.45) is 2.07. The molecule has 0 fully saturated rings. The Morgan fingerprint density at radius 1 is 1.24 bits per heavy atom. The van der Waals surface area contributed by atoms with Gasteiger partial charge >= 0.3 is 0 Å². The number of ether oxygens (including phenoxy) is 1. The minimum absolute atomic E-state index is 0.0383. The molecule has 1 heterocycles. The number of nitrogens with one attached hydrogen (secondary N) is 1. The second-order valence-corrected chi connectivity index (χ2v) is 6.00. The van der Waals surface area contributed by atoms with Gasteiger partial charge in [0.05, 0.1) is 11.6 Å². The Morgan fingerprint density at radius 3 is 2.67 bits per heavy atom. The molecule has 0 unspecified atom stereocenters. The van der Waals surface area contributed by atoms with Gasteiger partial charge in [-0.05, 0) is 38.0 Å². The minimum Gasteiger partial charge on any atom is -0.490 e. The summed E-state index contributed by atoms with van der Waals surface area (Å²) in [5, 5.41) is 3.99. The molecule has 0 saturated heterocycles. The second-order valence-electron chi connectivity index (χ2n) is 6.00. The van der Waals surface area contributed by atoms with Gasteiger partial charge in [-0.2, -0.15) is 0 Å². The molecule has 1 amide bonds. The molecule has 0 aliphatic rings. The number of amides is 1. The number of fused-ring (bicyclic) bond motifs is 1. The number of nitrogens with zero attached hydrogens (tertiary/aromatic N) is 1. The van der Waals surface area contributed by atoms with Gasteiger partial charge < -0.3 is 14.6 Å². The second kappa shape index (κ2) is 6.66. The van der Waals surface area contributed by atoms with Crippen molar-refractivity contribution in [2.45, 2.75) is 40.3 Å². The predicted molar refractivity (Wildman–Crippen MR) is 85.5 cm³/mol. The van der Waals surface area contributed by atoms with Crippen LogP contribution in [0.2, 0.25) is 0 Å². The van der Waals surface area contributed by atoms with Gasteiger partial charge in [0.25, 0.3) is 0 Å². The van der Waals surface area contributed by atoms with E-state index in [1.165, 1.54) is 0 Å². The van der Waals surface area contributed by atoms with Crippen LogP contribution in [0.4, 0.5) is 0 Å². The molecule has 1 N–H and O–H groups in total. The van der Waals surface area contributed by atoms with Crippen LogP contribution in [0.15, 0.2) is 30.5 Å². The average molecular weight is 288 g/mol. The topological polar surface area (TPSA) is 43.3 Å². The van der Waals surface area contributed by atoms with Crippen molar-refractivity contribution in [2.24, 2.45) is 5.92 Å². The summed E-state index contributed by atoms with van der Waals surface area (Å²) in [4.78, 5) is 12.0. The molecule has 4 nitrogen and oxygen atoms in total. The molecule has 0 spiro atoms. The van der Waals surface area contributed by atoms with Gasteiger partial charge in [0.15, 0.2) is 0 Å². The summed E-state index contributed by atoms with van der Waals surface area (Å²) in [6, 6.07) is 7.94. The molecule has 0 saturated carbocycles. The lowest BCUT2D eigenvalue weighted by Crippen LogP contribution is -2.30. The van der Waals surface area contributed by atoms with Crippen LogP contribution in [-0.4, -0.2) is 23.1 Å². The number of rotatable bonds is 6. The van der Waals surface area contributed by atoms with Gasteiger partial charge in [0.1, 0.15) is 12.3 Å². The highest BCUT2D eigenvalue weighted by molar-refractivity contribution is 5.88. The largest absolute Gasteiger partial charge is 0.490 e. The molecular formula is C17H24N2O2. The lowest BCUT2D eigenvalue weighted by atomic mass is 10.2. The molecule has 114 valence electrons. The molecule has 1 aromatic carbocycles. The van der Waals surface area contributed by atoms with Crippen molar-refractivity contribution in [1.82, 2.24) is 9.88 Å². The van der Waals surface area contributed by atoms with E-state index >= 15 is 0 Å². The number of benzene rings is 1. The van der Waals surface area contributed by atoms with Crippen molar-refractivity contribution in [1.29, 1.82) is 0 Å². The van der Waals surface area contributed by atoms with E-state index in [4.69, 9.17) is 4.74 Å². The van der Waals surface area contributed by atoms with Gasteiger partial charge in [0.2, 0.25) is 5.91 Å². The Morgan fingerprint density at radius 2 is 2.00 bits per heavy atom. The fourth-order valence-electron chi connectivity index (χ4n) is 2.22. The maximum Gasteiger partial charge on any atom is 0.239 e. The van der Waals surface area contributed by atoms with Crippen molar-refractivity contribution >= 4 is 16.8 Å². The lowest BCUT2D eigenvalue weighted by molar-refractivity contribution is -0.121. The molecule has 0 atom stereocenters. The summed E-state index contributed by atoms with van der Waals surface area (Å²) in [5.41, 5.74) is 1.02. The van der Waals surface area contributed by atoms with Crippen molar-refractivity contribution in [3.8, 4) is 5.75 Å². The first-order valence-corrected chi connectivity index (χ1v) is 7.48. The van der Waals surface area contributed by atoms with E-state index < -0.39 is 0 Å². The van der Waals surface area contributed by atoms with Crippen molar-refractivity contribution in [3.63, 3.8) is 0 Å². The summed E-state index contributed by atoms with van der Waals surface area (Å²) < 4.78 is 7.77. The highest BCUT2D eigenvalue weighted by atomic mass is 16.5. The highest BCUT2D eigenvalue weighted by Crippen LogP contribution is 2.27. The third-order valence-electron chi connectivity index (χ3n) is 3.16. The van der Waals surface area contributed by atoms with E-state index in [1.807, 2.05) is 48.9 Å². The number of carbonyl (C=O) groups is 1. The van der Waals surface area contributed by atoms with Crippen LogP contribution in [0.3, 0.4) is 0 Å². The Balaban J connectivity index is 2.16. The summed E-state index contributed by atoms with van der Waals surface area (Å²) in [5.74, 6) is 1.36. The lowest BCUT2D eigenvalue weighted by Gasteiger charge is -2.12. The number of carbonyl (C=O) groups excluding carboxylic acids is 1. The zero-order chi connectivity index (χ0) is 15.4. The van der Waals surface area contributed by atoms with E-state index in [0.717, 1.165) is 16.7 Å². The predicted octanol–water partition coefficient (Wildman–Crippen LogP) is 3.20. The zero-order valence-corrected chi connectivity index (χ0v) is 13.2. The van der Waals surface area contributed by atoms with E-state index in [0.29, 0.717) is 19.0 Å². The van der Waals surface area contributed by atoms with Crippen LogP contribution >= 0.6 is 0 Å². The SMILES string of the molecule is CC(C)CNC(=O)Cn1ccc2c(OC(C)C)cccc21. The average Bonchev–Trinajstić information content (AvgIpc) is 2.80. The van der Waals surface area contributed by atoms with Gasteiger partial charge in [-0.15, -0.1) is 0 Å². The van der Waals surface area contributed by atoms with Crippen LogP contribution in [0.25, 0.3) is 10.9 Å². The maximum absolute atomic E-state index is 12.0. The Hall–Kier alpha value is -1.97. The molecular weight excluding hydrogens is 264 g/mol. The van der Waals surface area contributed by atoms with Crippen molar-refractivity contribution in [3.05, 3.63) is 30.5 Å². The molecule has 0 aliphatic heterocycles. The van der Waals surface area contributed by atoms with Crippen LogP contribution < -0.4 is 10.1 Å². The zero-order valence-electron chi connectivity index (χ0n) is 13.2. The first-order chi connectivity index (χ1) is 9.97. The molecule has 0 bridgehead atoms. The highest BCUT2D eigenvalue weighted by Gasteiger charge is 2.10. The monoisotopic (exact) mass is 288 g/mol. The van der Waals surface area contributed by atoms with Crippen molar-refractivity contribution in [2.75, 3.05) is 6.54 Å². The summed E-state index contributed by atoms with van der Waals surface area (Å²) in [6.45, 7) is 9.23. The van der Waals surface area contributed by atoms with E-state index in [2.05, 4.69) is 19.2 Å². The molecule has 0 radical (unpaired) electrons. The van der Waals surface area contributed by atoms with E-state index in [9.17, 15) is 4.79 Å². The first kappa shape index (κ1) is 15.4. The Labute approximate surface area is 126 Å². The fourth-order valence-corrected chi connectivity index (χ4v) is 2.22. The van der Waals surface area contributed by atoms with Crippen LogP contribution in [0.5, 0.6) is 5.75 Å². The van der Waals surface area contributed by atoms with Crippen LogP contribution in [0, 0.1) is 5.92 Å². The van der Waals surface area contributed by atoms with Crippen LogP contribution in [0.1, 0.15) is 27.7 Å². The van der Waals surface area contributed by atoms with Gasteiger partial charge in [0, 0.05) is 18.1 Å². The molecule has 21 heavy (non-hydrogen) atoms. The number of hydrogen-bond acceptors (Lipinski definition) is 2. The Bertz CT molecular complexity index is 614. The molecule has 4 heteroatoms. The normalized spacial score (nSPS) is 11.3. The van der Waals surface area contributed by atoms with Gasteiger partial charge in [-0.25, -0.2) is 0 Å². The molecule has 2 rings (SSSR count). The van der Waals surface area contributed by atoms with Gasteiger partial charge in [-0.3, -0.25) is 4.79 Å². The maximum atomic E-state index is 12.0. The number of hydrogen-bond donors (Lipinski definition) is 1. The summed E-state index contributed by atoms with van der Waals surface area (Å²) in [7, 11) is 0. The van der Waals surface area contributed by atoms with E-state index in [1.54, 1.807) is 0 Å². The molecule has 0 aliphatic carbocycles. The minimum atomic E-state index is 0.0383. The van der Waals surface area contributed by atoms with Gasteiger partial charge in [-0.1, -0.05) is 19.9 Å². The van der Waals surface area contributed by atoms with Crippen LogP contribution in [-0.2, 0) is 11.3 Å². The van der Waals surface area contributed by atoms with Crippen molar-refractivity contribution < 1.29 is 9.53 Å². The third-order valence-corrected chi connectivity index (χ3v) is 3.16. The first-order valence-electron chi connectivity index (χ1n) is 7.48. The smallest absolute Gasteiger partial charge is 0.239 e. The molecule has 1 aromatic heterocycles.